The molecule has 0 aliphatic carbocycles. The van der Waals surface area contributed by atoms with Gasteiger partial charge >= 0.3 is 0 Å². The summed E-state index contributed by atoms with van der Waals surface area (Å²) in [5.74, 6) is -0.319. The summed E-state index contributed by atoms with van der Waals surface area (Å²) in [5.41, 5.74) is 0.951. The number of Topliss-reactive ketones (excluding diaryl/α,β-unsaturated/α-hetero) is 1. The van der Waals surface area contributed by atoms with Gasteiger partial charge in [0, 0.05) is 18.3 Å². The van der Waals surface area contributed by atoms with Crippen molar-refractivity contribution in [3.63, 3.8) is 0 Å². The standard InChI is InChI=1S/C11H14FNO/c1-9(12)11(14)7-4-6-10-5-2-3-8-13-10/h2-3,5,8-9H,4,6-7H2,1H3. The molecular weight excluding hydrogens is 181 g/mol. The van der Waals surface area contributed by atoms with Crippen LogP contribution in [-0.2, 0) is 11.2 Å². The molecule has 0 bridgehead atoms. The zero-order chi connectivity index (χ0) is 10.4. The number of pyridine rings is 1. The zero-order valence-electron chi connectivity index (χ0n) is 8.24. The molecule has 76 valence electrons. The highest BCUT2D eigenvalue weighted by Gasteiger charge is 2.09. The molecule has 0 aliphatic heterocycles. The lowest BCUT2D eigenvalue weighted by molar-refractivity contribution is -0.123. The maximum absolute atomic E-state index is 12.5. The van der Waals surface area contributed by atoms with Gasteiger partial charge in [0.15, 0.2) is 12.0 Å². The number of alkyl halides is 1. The summed E-state index contributed by atoms with van der Waals surface area (Å²) >= 11 is 0. The summed E-state index contributed by atoms with van der Waals surface area (Å²) in [6, 6.07) is 5.66. The van der Waals surface area contributed by atoms with Gasteiger partial charge in [-0.25, -0.2) is 4.39 Å². The molecule has 3 heteroatoms. The highest BCUT2D eigenvalue weighted by molar-refractivity contribution is 5.82. The first-order valence-electron chi connectivity index (χ1n) is 4.77. The highest BCUT2D eigenvalue weighted by Crippen LogP contribution is 2.04. The van der Waals surface area contributed by atoms with Crippen LogP contribution in [0.3, 0.4) is 0 Å². The van der Waals surface area contributed by atoms with Crippen LogP contribution in [0, 0.1) is 0 Å². The van der Waals surface area contributed by atoms with Gasteiger partial charge in [-0.2, -0.15) is 0 Å². The number of rotatable bonds is 5. The fraction of sp³-hybridized carbons (Fsp3) is 0.455. The summed E-state index contributed by atoms with van der Waals surface area (Å²) in [6.07, 6.45) is 2.09. The number of halogens is 1. The number of carbonyl (C=O) groups excluding carboxylic acids is 1. The van der Waals surface area contributed by atoms with Crippen LogP contribution in [-0.4, -0.2) is 16.9 Å². The topological polar surface area (TPSA) is 30.0 Å². The Kier molecular flexibility index (Phi) is 4.23. The van der Waals surface area contributed by atoms with Crippen LogP contribution < -0.4 is 0 Å². The molecule has 0 N–H and O–H groups in total. The van der Waals surface area contributed by atoms with Crippen LogP contribution in [0.25, 0.3) is 0 Å². The second kappa shape index (κ2) is 5.47. The van der Waals surface area contributed by atoms with Gasteiger partial charge in [-0.1, -0.05) is 6.07 Å². The third-order valence-corrected chi connectivity index (χ3v) is 2.03. The van der Waals surface area contributed by atoms with Gasteiger partial charge in [0.1, 0.15) is 0 Å². The largest absolute Gasteiger partial charge is 0.296 e. The Labute approximate surface area is 83.2 Å². The minimum atomic E-state index is -1.33. The molecule has 1 aromatic rings. The van der Waals surface area contributed by atoms with Gasteiger partial charge < -0.3 is 0 Å². The van der Waals surface area contributed by atoms with Crippen molar-refractivity contribution in [2.75, 3.05) is 0 Å². The SMILES string of the molecule is CC(F)C(=O)CCCc1ccccn1. The normalized spacial score (nSPS) is 12.4. The first-order valence-corrected chi connectivity index (χ1v) is 4.77. The van der Waals surface area contributed by atoms with Gasteiger partial charge in [0.2, 0.25) is 0 Å². The molecule has 1 atom stereocenters. The molecule has 2 nitrogen and oxygen atoms in total. The van der Waals surface area contributed by atoms with Gasteiger partial charge in [0.25, 0.3) is 0 Å². The molecule has 0 saturated heterocycles. The van der Waals surface area contributed by atoms with Crippen LogP contribution >= 0.6 is 0 Å². The molecule has 1 aromatic heterocycles. The lowest BCUT2D eigenvalue weighted by Gasteiger charge is -2.01. The minimum absolute atomic E-state index is 0.300. The first-order chi connectivity index (χ1) is 6.70. The fourth-order valence-corrected chi connectivity index (χ4v) is 1.19. The van der Waals surface area contributed by atoms with E-state index in [0.29, 0.717) is 12.8 Å². The van der Waals surface area contributed by atoms with Crippen molar-refractivity contribution in [1.29, 1.82) is 0 Å². The summed E-state index contributed by atoms with van der Waals surface area (Å²) in [7, 11) is 0. The highest BCUT2D eigenvalue weighted by atomic mass is 19.1. The number of aromatic nitrogens is 1. The van der Waals surface area contributed by atoms with Crippen molar-refractivity contribution >= 4 is 5.78 Å². The molecule has 0 fully saturated rings. The zero-order valence-corrected chi connectivity index (χ0v) is 8.24. The van der Waals surface area contributed by atoms with E-state index in [0.717, 1.165) is 12.1 Å². The number of carbonyl (C=O) groups is 1. The third kappa shape index (κ3) is 3.64. The van der Waals surface area contributed by atoms with Crippen molar-refractivity contribution in [3.8, 4) is 0 Å². The molecule has 0 saturated carbocycles. The van der Waals surface area contributed by atoms with Crippen molar-refractivity contribution < 1.29 is 9.18 Å². The Morgan fingerprint density at radius 3 is 2.93 bits per heavy atom. The predicted octanol–water partition coefficient (Wildman–Crippen LogP) is 2.33. The Morgan fingerprint density at radius 1 is 1.57 bits per heavy atom. The number of nitrogens with zero attached hydrogens (tertiary/aromatic N) is 1. The van der Waals surface area contributed by atoms with E-state index in [1.54, 1.807) is 6.20 Å². The Balaban J connectivity index is 2.26. The number of ketones is 1. The van der Waals surface area contributed by atoms with Crippen LogP contribution in [0.2, 0.25) is 0 Å². The molecule has 0 aliphatic rings. The Hall–Kier alpha value is -1.25. The number of aryl methyl sites for hydroxylation is 1. The van der Waals surface area contributed by atoms with Crippen LogP contribution in [0.15, 0.2) is 24.4 Å². The molecule has 0 radical (unpaired) electrons. The number of hydrogen-bond donors (Lipinski definition) is 0. The summed E-state index contributed by atoms with van der Waals surface area (Å²) in [4.78, 5) is 15.1. The average molecular weight is 195 g/mol. The summed E-state index contributed by atoms with van der Waals surface area (Å²) < 4.78 is 12.5. The van der Waals surface area contributed by atoms with E-state index in [1.807, 2.05) is 18.2 Å². The lowest BCUT2D eigenvalue weighted by atomic mass is 10.1. The van der Waals surface area contributed by atoms with E-state index in [9.17, 15) is 9.18 Å². The summed E-state index contributed by atoms with van der Waals surface area (Å²) in [6.45, 7) is 1.28. The maximum atomic E-state index is 12.5. The summed E-state index contributed by atoms with van der Waals surface area (Å²) in [5, 5.41) is 0. The Morgan fingerprint density at radius 2 is 2.36 bits per heavy atom. The monoisotopic (exact) mass is 195 g/mol. The van der Waals surface area contributed by atoms with E-state index in [4.69, 9.17) is 0 Å². The van der Waals surface area contributed by atoms with E-state index >= 15 is 0 Å². The van der Waals surface area contributed by atoms with E-state index in [1.165, 1.54) is 6.92 Å². The molecule has 14 heavy (non-hydrogen) atoms. The van der Waals surface area contributed by atoms with E-state index in [-0.39, 0.29) is 5.78 Å². The lowest BCUT2D eigenvalue weighted by Crippen LogP contribution is -2.11. The molecule has 0 spiro atoms. The van der Waals surface area contributed by atoms with Gasteiger partial charge in [-0.15, -0.1) is 0 Å². The average Bonchev–Trinajstić information content (AvgIpc) is 2.19. The second-order valence-electron chi connectivity index (χ2n) is 3.26. The predicted molar refractivity (Wildman–Crippen MR) is 52.8 cm³/mol. The quantitative estimate of drug-likeness (QED) is 0.721. The van der Waals surface area contributed by atoms with Crippen LogP contribution in [0.5, 0.6) is 0 Å². The molecular formula is C11H14FNO. The van der Waals surface area contributed by atoms with Crippen LogP contribution in [0.1, 0.15) is 25.5 Å². The first kappa shape index (κ1) is 10.8. The van der Waals surface area contributed by atoms with Crippen molar-refractivity contribution in [1.82, 2.24) is 4.98 Å². The molecule has 1 heterocycles. The Bertz CT molecular complexity index is 285. The molecule has 1 rings (SSSR count). The third-order valence-electron chi connectivity index (χ3n) is 2.03. The van der Waals surface area contributed by atoms with Gasteiger partial charge in [0.05, 0.1) is 0 Å². The molecule has 0 aromatic carbocycles. The van der Waals surface area contributed by atoms with Crippen molar-refractivity contribution in [2.24, 2.45) is 0 Å². The van der Waals surface area contributed by atoms with E-state index in [2.05, 4.69) is 4.98 Å². The van der Waals surface area contributed by atoms with Crippen molar-refractivity contribution in [3.05, 3.63) is 30.1 Å². The van der Waals surface area contributed by atoms with Crippen LogP contribution in [0.4, 0.5) is 4.39 Å². The van der Waals surface area contributed by atoms with Crippen molar-refractivity contribution in [2.45, 2.75) is 32.4 Å². The van der Waals surface area contributed by atoms with Gasteiger partial charge in [-0.05, 0) is 31.9 Å². The minimum Gasteiger partial charge on any atom is -0.296 e. The van der Waals surface area contributed by atoms with E-state index < -0.39 is 6.17 Å². The fourth-order valence-electron chi connectivity index (χ4n) is 1.19. The molecule has 1 unspecified atom stereocenters. The number of hydrogen-bond acceptors (Lipinski definition) is 2. The maximum Gasteiger partial charge on any atom is 0.166 e. The second-order valence-corrected chi connectivity index (χ2v) is 3.26. The van der Waals surface area contributed by atoms with Gasteiger partial charge in [-0.3, -0.25) is 9.78 Å². The molecule has 0 amide bonds. The smallest absolute Gasteiger partial charge is 0.166 e.